The van der Waals surface area contributed by atoms with E-state index in [2.05, 4.69) is 5.32 Å². The van der Waals surface area contributed by atoms with Gasteiger partial charge in [0.05, 0.1) is 5.56 Å². The van der Waals surface area contributed by atoms with Gasteiger partial charge in [0.15, 0.2) is 6.10 Å². The van der Waals surface area contributed by atoms with E-state index >= 15 is 0 Å². The van der Waals surface area contributed by atoms with Gasteiger partial charge in [-0.15, -0.1) is 0 Å². The van der Waals surface area contributed by atoms with E-state index in [9.17, 15) is 9.59 Å². The zero-order valence-electron chi connectivity index (χ0n) is 13.8. The van der Waals surface area contributed by atoms with Crippen molar-refractivity contribution in [3.8, 4) is 0 Å². The van der Waals surface area contributed by atoms with Gasteiger partial charge in [0.2, 0.25) is 0 Å². The highest BCUT2D eigenvalue weighted by Gasteiger charge is 2.19. The normalized spacial score (nSPS) is 11.7. The highest BCUT2D eigenvalue weighted by Crippen LogP contribution is 2.18. The van der Waals surface area contributed by atoms with Crippen LogP contribution in [0.25, 0.3) is 0 Å². The number of benzene rings is 2. The van der Waals surface area contributed by atoms with Crippen LogP contribution in [-0.2, 0) is 9.53 Å². The van der Waals surface area contributed by atoms with Crippen molar-refractivity contribution in [2.45, 2.75) is 33.8 Å². The molecule has 2 aromatic carbocycles. The number of hydrogen-bond acceptors (Lipinski definition) is 3. The van der Waals surface area contributed by atoms with Crippen molar-refractivity contribution in [2.75, 3.05) is 5.32 Å². The predicted molar refractivity (Wildman–Crippen MR) is 90.6 cm³/mol. The highest BCUT2D eigenvalue weighted by atomic mass is 16.5. The SMILES string of the molecule is Cc1cccc(C(=O)O[C@@H](C)C(=O)Nc2cccc(C)c2C)c1. The van der Waals surface area contributed by atoms with Crippen LogP contribution in [0.3, 0.4) is 0 Å². The number of carbonyl (C=O) groups is 2. The lowest BCUT2D eigenvalue weighted by atomic mass is 10.1. The average Bonchev–Trinajstić information content (AvgIpc) is 2.51. The van der Waals surface area contributed by atoms with Crippen molar-refractivity contribution in [1.82, 2.24) is 0 Å². The van der Waals surface area contributed by atoms with Crippen molar-refractivity contribution in [1.29, 1.82) is 0 Å². The first-order valence-corrected chi connectivity index (χ1v) is 7.53. The summed E-state index contributed by atoms with van der Waals surface area (Å²) >= 11 is 0. The second-order valence-corrected chi connectivity index (χ2v) is 5.65. The lowest BCUT2D eigenvalue weighted by Crippen LogP contribution is -2.30. The Labute approximate surface area is 136 Å². The summed E-state index contributed by atoms with van der Waals surface area (Å²) < 4.78 is 5.24. The summed E-state index contributed by atoms with van der Waals surface area (Å²) in [5.41, 5.74) is 4.22. The van der Waals surface area contributed by atoms with Crippen LogP contribution in [0.15, 0.2) is 42.5 Å². The summed E-state index contributed by atoms with van der Waals surface area (Å²) in [6, 6.07) is 12.8. The zero-order chi connectivity index (χ0) is 17.0. The molecule has 1 amide bonds. The largest absolute Gasteiger partial charge is 0.449 e. The molecule has 2 rings (SSSR count). The summed E-state index contributed by atoms with van der Waals surface area (Å²) in [5, 5.41) is 2.80. The molecule has 0 bridgehead atoms. The molecule has 4 heteroatoms. The minimum absolute atomic E-state index is 0.347. The minimum Gasteiger partial charge on any atom is -0.449 e. The Hall–Kier alpha value is -2.62. The van der Waals surface area contributed by atoms with E-state index in [0.29, 0.717) is 5.56 Å². The third-order valence-electron chi connectivity index (χ3n) is 3.77. The van der Waals surface area contributed by atoms with Crippen LogP contribution in [0.2, 0.25) is 0 Å². The van der Waals surface area contributed by atoms with Crippen LogP contribution in [0.1, 0.15) is 34.0 Å². The number of amides is 1. The molecule has 4 nitrogen and oxygen atoms in total. The Morgan fingerprint density at radius 2 is 1.74 bits per heavy atom. The molecular weight excluding hydrogens is 290 g/mol. The molecule has 0 spiro atoms. The monoisotopic (exact) mass is 311 g/mol. The number of aryl methyl sites for hydroxylation is 2. The molecule has 23 heavy (non-hydrogen) atoms. The molecule has 0 saturated heterocycles. The van der Waals surface area contributed by atoms with Crippen molar-refractivity contribution in [3.05, 3.63) is 64.7 Å². The topological polar surface area (TPSA) is 55.4 Å². The Bertz CT molecular complexity index is 737. The Morgan fingerprint density at radius 1 is 1.04 bits per heavy atom. The van der Waals surface area contributed by atoms with Crippen LogP contribution in [0.5, 0.6) is 0 Å². The van der Waals surface area contributed by atoms with E-state index in [-0.39, 0.29) is 5.91 Å². The van der Waals surface area contributed by atoms with Crippen LogP contribution < -0.4 is 5.32 Å². The van der Waals surface area contributed by atoms with E-state index in [1.807, 2.05) is 45.0 Å². The molecule has 0 aliphatic heterocycles. The van der Waals surface area contributed by atoms with Crippen LogP contribution >= 0.6 is 0 Å². The predicted octanol–water partition coefficient (Wildman–Crippen LogP) is 3.80. The maximum Gasteiger partial charge on any atom is 0.338 e. The van der Waals surface area contributed by atoms with Crippen molar-refractivity contribution in [2.24, 2.45) is 0 Å². The van der Waals surface area contributed by atoms with E-state index in [1.165, 1.54) is 0 Å². The van der Waals surface area contributed by atoms with E-state index in [0.717, 1.165) is 22.4 Å². The van der Waals surface area contributed by atoms with Gasteiger partial charge in [-0.2, -0.15) is 0 Å². The third-order valence-corrected chi connectivity index (χ3v) is 3.77. The summed E-state index contributed by atoms with van der Waals surface area (Å²) in [4.78, 5) is 24.3. The van der Waals surface area contributed by atoms with Gasteiger partial charge in [-0.05, 0) is 57.0 Å². The molecule has 0 aromatic heterocycles. The highest BCUT2D eigenvalue weighted by molar-refractivity contribution is 5.97. The fourth-order valence-electron chi connectivity index (χ4n) is 2.18. The fraction of sp³-hybridized carbons (Fsp3) is 0.263. The van der Waals surface area contributed by atoms with Gasteiger partial charge in [0.1, 0.15) is 0 Å². The maximum atomic E-state index is 12.2. The molecular formula is C19H21NO3. The van der Waals surface area contributed by atoms with Crippen molar-refractivity contribution in [3.63, 3.8) is 0 Å². The molecule has 0 heterocycles. The number of carbonyl (C=O) groups excluding carboxylic acids is 2. The van der Waals surface area contributed by atoms with Crippen LogP contribution in [0, 0.1) is 20.8 Å². The Balaban J connectivity index is 2.02. The molecule has 0 saturated carbocycles. The molecule has 0 aliphatic rings. The minimum atomic E-state index is -0.872. The van der Waals surface area contributed by atoms with Gasteiger partial charge in [-0.1, -0.05) is 29.8 Å². The van der Waals surface area contributed by atoms with Gasteiger partial charge >= 0.3 is 5.97 Å². The Morgan fingerprint density at radius 3 is 2.43 bits per heavy atom. The van der Waals surface area contributed by atoms with Crippen LogP contribution in [0.4, 0.5) is 5.69 Å². The second kappa shape index (κ2) is 7.09. The number of nitrogens with one attached hydrogen (secondary N) is 1. The molecule has 0 radical (unpaired) electrons. The van der Waals surface area contributed by atoms with E-state index < -0.39 is 12.1 Å². The number of rotatable bonds is 4. The molecule has 2 aromatic rings. The second-order valence-electron chi connectivity index (χ2n) is 5.65. The van der Waals surface area contributed by atoms with E-state index in [1.54, 1.807) is 25.1 Å². The summed E-state index contributed by atoms with van der Waals surface area (Å²) in [6.07, 6.45) is -0.872. The fourth-order valence-corrected chi connectivity index (χ4v) is 2.18. The van der Waals surface area contributed by atoms with Gasteiger partial charge in [0.25, 0.3) is 5.91 Å². The summed E-state index contributed by atoms with van der Waals surface area (Å²) in [7, 11) is 0. The zero-order valence-corrected chi connectivity index (χ0v) is 13.8. The number of hydrogen-bond donors (Lipinski definition) is 1. The van der Waals surface area contributed by atoms with Crippen LogP contribution in [-0.4, -0.2) is 18.0 Å². The smallest absolute Gasteiger partial charge is 0.338 e. The molecule has 1 N–H and O–H groups in total. The van der Waals surface area contributed by atoms with Gasteiger partial charge in [-0.3, -0.25) is 4.79 Å². The molecule has 120 valence electrons. The lowest BCUT2D eigenvalue weighted by molar-refractivity contribution is -0.123. The first-order chi connectivity index (χ1) is 10.9. The van der Waals surface area contributed by atoms with Crippen molar-refractivity contribution >= 4 is 17.6 Å². The first-order valence-electron chi connectivity index (χ1n) is 7.53. The Kier molecular flexibility index (Phi) is 5.16. The quantitative estimate of drug-likeness (QED) is 0.874. The van der Waals surface area contributed by atoms with E-state index in [4.69, 9.17) is 4.74 Å². The first kappa shape index (κ1) is 16.7. The molecule has 0 unspecified atom stereocenters. The molecule has 0 aliphatic carbocycles. The summed E-state index contributed by atoms with van der Waals surface area (Å²) in [5.74, 6) is -0.850. The number of ether oxygens (including phenoxy) is 1. The number of esters is 1. The van der Waals surface area contributed by atoms with Crippen molar-refractivity contribution < 1.29 is 14.3 Å². The van der Waals surface area contributed by atoms with Gasteiger partial charge in [-0.25, -0.2) is 4.79 Å². The van der Waals surface area contributed by atoms with Gasteiger partial charge < -0.3 is 10.1 Å². The number of anilines is 1. The maximum absolute atomic E-state index is 12.2. The average molecular weight is 311 g/mol. The summed E-state index contributed by atoms with van der Waals surface area (Å²) in [6.45, 7) is 7.38. The third kappa shape index (κ3) is 4.19. The lowest BCUT2D eigenvalue weighted by Gasteiger charge is -2.15. The van der Waals surface area contributed by atoms with Gasteiger partial charge in [0, 0.05) is 5.69 Å². The molecule has 0 fully saturated rings. The standard InChI is InChI=1S/C19H21NO3/c1-12-7-5-9-16(11-12)19(22)23-15(4)18(21)20-17-10-6-8-13(2)14(17)3/h5-11,15H,1-4H3,(H,20,21)/t15-/m0/s1. The molecule has 1 atom stereocenters.